The molecule has 1 atom stereocenters. The first kappa shape index (κ1) is 17.0. The number of nitrogens with zero attached hydrogens (tertiary/aromatic N) is 1. The molecule has 116 valence electrons. The predicted molar refractivity (Wildman–Crippen MR) is 78.7 cm³/mol. The summed E-state index contributed by atoms with van der Waals surface area (Å²) in [6.45, 7) is 4.59. The van der Waals surface area contributed by atoms with Crippen molar-refractivity contribution >= 4 is 11.9 Å². The van der Waals surface area contributed by atoms with Crippen LogP contribution >= 0.6 is 0 Å². The minimum atomic E-state index is -1.30. The molecule has 1 aromatic carbocycles. The Bertz CT molecular complexity index is 490. The van der Waals surface area contributed by atoms with Gasteiger partial charge in [-0.25, -0.2) is 4.79 Å². The second kappa shape index (κ2) is 8.26. The average Bonchev–Trinajstić information content (AvgIpc) is 2.48. The maximum Gasteiger partial charge on any atom is 0.332 e. The van der Waals surface area contributed by atoms with E-state index in [4.69, 9.17) is 15.2 Å². The molecule has 21 heavy (non-hydrogen) atoms. The molecule has 6 heteroatoms. The Morgan fingerprint density at radius 1 is 1.24 bits per heavy atom. The Morgan fingerprint density at radius 2 is 1.90 bits per heavy atom. The minimum absolute atomic E-state index is 0.191. The van der Waals surface area contributed by atoms with Gasteiger partial charge in [0, 0.05) is 19.2 Å². The number of carbonyl (C=O) groups is 2. The van der Waals surface area contributed by atoms with Gasteiger partial charge in [-0.2, -0.15) is 0 Å². The number of hydrogen-bond acceptors (Lipinski definition) is 5. The van der Waals surface area contributed by atoms with Crippen molar-refractivity contribution < 1.29 is 19.1 Å². The molecular weight excluding hydrogens is 272 g/mol. The molecular formula is C15H22N2O4. The molecule has 0 aliphatic carbocycles. The molecule has 0 fully saturated rings. The lowest BCUT2D eigenvalue weighted by Crippen LogP contribution is -2.47. The van der Waals surface area contributed by atoms with Gasteiger partial charge in [0.15, 0.2) is 6.04 Å². The van der Waals surface area contributed by atoms with E-state index < -0.39 is 17.9 Å². The number of para-hydroxylation sites is 1. The Kier molecular flexibility index (Phi) is 6.68. The summed E-state index contributed by atoms with van der Waals surface area (Å²) in [6, 6.07) is 6.13. The van der Waals surface area contributed by atoms with Crippen LogP contribution in [0, 0.1) is 0 Å². The Hall–Kier alpha value is -2.08. The summed E-state index contributed by atoms with van der Waals surface area (Å²) in [5.41, 5.74) is 6.45. The molecule has 0 aliphatic rings. The fraction of sp³-hybridized carbons (Fsp3) is 0.467. The fourth-order valence-electron chi connectivity index (χ4n) is 1.83. The maximum absolute atomic E-state index is 12.1. The predicted octanol–water partition coefficient (Wildman–Crippen LogP) is 0.934. The van der Waals surface area contributed by atoms with Crippen LogP contribution in [0.3, 0.4) is 0 Å². The van der Waals surface area contributed by atoms with Crippen molar-refractivity contribution in [1.29, 1.82) is 0 Å². The van der Waals surface area contributed by atoms with Gasteiger partial charge in [0.1, 0.15) is 5.75 Å². The molecule has 0 radical (unpaired) electrons. The number of esters is 1. The highest BCUT2D eigenvalue weighted by Gasteiger charge is 2.26. The third-order valence-electron chi connectivity index (χ3n) is 2.86. The molecule has 0 spiro atoms. The summed E-state index contributed by atoms with van der Waals surface area (Å²) in [5.74, 6) is -0.489. The number of amides is 1. The average molecular weight is 294 g/mol. The van der Waals surface area contributed by atoms with Crippen molar-refractivity contribution in [3.05, 3.63) is 29.8 Å². The lowest BCUT2D eigenvalue weighted by molar-refractivity contribution is -0.150. The van der Waals surface area contributed by atoms with Crippen molar-refractivity contribution in [3.63, 3.8) is 0 Å². The number of likely N-dealkylation sites (N-methyl/N-ethyl adjacent to an activating group) is 1. The van der Waals surface area contributed by atoms with Crippen LogP contribution in [0.1, 0.15) is 19.4 Å². The van der Waals surface area contributed by atoms with Gasteiger partial charge in [-0.15, -0.1) is 0 Å². The van der Waals surface area contributed by atoms with Gasteiger partial charge < -0.3 is 20.1 Å². The van der Waals surface area contributed by atoms with Crippen LogP contribution in [0.15, 0.2) is 24.3 Å². The van der Waals surface area contributed by atoms with Gasteiger partial charge in [0.05, 0.1) is 13.2 Å². The molecule has 0 aromatic heterocycles. The summed E-state index contributed by atoms with van der Waals surface area (Å²) >= 11 is 0. The standard InChI is InChI=1S/C15H22N2O4/c1-4-20-12-9-7-6-8-11(12)10-17(3)14(18)13(16)15(19)21-5-2/h6-9,13H,4-5,10,16H2,1-3H3. The topological polar surface area (TPSA) is 81.9 Å². The summed E-state index contributed by atoms with van der Waals surface area (Å²) in [7, 11) is 1.59. The summed E-state index contributed by atoms with van der Waals surface area (Å²) in [5, 5.41) is 0. The number of hydrogen-bond donors (Lipinski definition) is 1. The van der Waals surface area contributed by atoms with Crippen molar-refractivity contribution in [2.75, 3.05) is 20.3 Å². The van der Waals surface area contributed by atoms with Crippen LogP contribution in [-0.2, 0) is 20.9 Å². The number of benzene rings is 1. The van der Waals surface area contributed by atoms with Crippen LogP contribution in [0.25, 0.3) is 0 Å². The normalized spacial score (nSPS) is 11.6. The third kappa shape index (κ3) is 4.75. The molecule has 2 N–H and O–H groups in total. The monoisotopic (exact) mass is 294 g/mol. The lowest BCUT2D eigenvalue weighted by Gasteiger charge is -2.21. The Labute approximate surface area is 124 Å². The number of rotatable bonds is 7. The molecule has 1 aromatic rings. The SMILES string of the molecule is CCOC(=O)C(N)C(=O)N(C)Cc1ccccc1OCC. The van der Waals surface area contributed by atoms with E-state index in [-0.39, 0.29) is 6.61 Å². The summed E-state index contributed by atoms with van der Waals surface area (Å²) in [6.07, 6.45) is 0. The van der Waals surface area contributed by atoms with Crippen molar-refractivity contribution in [3.8, 4) is 5.75 Å². The lowest BCUT2D eigenvalue weighted by atomic mass is 10.1. The molecule has 6 nitrogen and oxygen atoms in total. The zero-order valence-electron chi connectivity index (χ0n) is 12.7. The molecule has 1 rings (SSSR count). The quantitative estimate of drug-likeness (QED) is 0.597. The van der Waals surface area contributed by atoms with Gasteiger partial charge in [-0.3, -0.25) is 4.79 Å². The van der Waals surface area contributed by atoms with Crippen LogP contribution in [0.5, 0.6) is 5.75 Å². The molecule has 0 heterocycles. The van der Waals surface area contributed by atoms with Crippen molar-refractivity contribution in [2.24, 2.45) is 5.73 Å². The number of nitrogens with two attached hydrogens (primary N) is 1. The molecule has 0 bridgehead atoms. The first-order valence-electron chi connectivity index (χ1n) is 6.89. The van der Waals surface area contributed by atoms with E-state index >= 15 is 0 Å². The fourth-order valence-corrected chi connectivity index (χ4v) is 1.83. The smallest absolute Gasteiger partial charge is 0.332 e. The minimum Gasteiger partial charge on any atom is -0.494 e. The van der Waals surface area contributed by atoms with E-state index in [1.807, 2.05) is 31.2 Å². The molecule has 0 aliphatic heterocycles. The number of ether oxygens (including phenoxy) is 2. The van der Waals surface area contributed by atoms with Crippen molar-refractivity contribution in [1.82, 2.24) is 4.90 Å². The van der Waals surface area contributed by atoms with E-state index in [0.29, 0.717) is 18.9 Å². The van der Waals surface area contributed by atoms with E-state index in [9.17, 15) is 9.59 Å². The summed E-state index contributed by atoms with van der Waals surface area (Å²) < 4.78 is 10.3. The number of carbonyl (C=O) groups excluding carboxylic acids is 2. The maximum atomic E-state index is 12.1. The molecule has 0 saturated carbocycles. The van der Waals surface area contributed by atoms with Gasteiger partial charge in [0.2, 0.25) is 0 Å². The van der Waals surface area contributed by atoms with Crippen molar-refractivity contribution in [2.45, 2.75) is 26.4 Å². The van der Waals surface area contributed by atoms with Crippen LogP contribution < -0.4 is 10.5 Å². The van der Waals surface area contributed by atoms with E-state index in [1.165, 1.54) is 4.90 Å². The molecule has 1 amide bonds. The first-order chi connectivity index (χ1) is 10.0. The zero-order chi connectivity index (χ0) is 15.8. The van der Waals surface area contributed by atoms with E-state index in [1.54, 1.807) is 14.0 Å². The molecule has 0 saturated heterocycles. The third-order valence-corrected chi connectivity index (χ3v) is 2.86. The second-order valence-corrected chi connectivity index (χ2v) is 4.46. The summed E-state index contributed by atoms with van der Waals surface area (Å²) in [4.78, 5) is 25.0. The Morgan fingerprint density at radius 3 is 2.52 bits per heavy atom. The second-order valence-electron chi connectivity index (χ2n) is 4.46. The van der Waals surface area contributed by atoms with Gasteiger partial charge >= 0.3 is 5.97 Å². The van der Waals surface area contributed by atoms with E-state index in [2.05, 4.69) is 0 Å². The zero-order valence-corrected chi connectivity index (χ0v) is 12.7. The Balaban J connectivity index is 2.74. The van der Waals surface area contributed by atoms with Crippen LogP contribution in [0.2, 0.25) is 0 Å². The highest BCUT2D eigenvalue weighted by atomic mass is 16.5. The van der Waals surface area contributed by atoms with Crippen LogP contribution in [0.4, 0.5) is 0 Å². The first-order valence-corrected chi connectivity index (χ1v) is 6.89. The van der Waals surface area contributed by atoms with Gasteiger partial charge in [0.25, 0.3) is 5.91 Å². The van der Waals surface area contributed by atoms with Crippen LogP contribution in [-0.4, -0.2) is 43.1 Å². The van der Waals surface area contributed by atoms with E-state index in [0.717, 1.165) is 5.56 Å². The largest absolute Gasteiger partial charge is 0.494 e. The van der Waals surface area contributed by atoms with Gasteiger partial charge in [-0.05, 0) is 19.9 Å². The van der Waals surface area contributed by atoms with Gasteiger partial charge in [-0.1, -0.05) is 18.2 Å². The highest BCUT2D eigenvalue weighted by molar-refractivity contribution is 6.01. The molecule has 1 unspecified atom stereocenters. The highest BCUT2D eigenvalue weighted by Crippen LogP contribution is 2.19.